The molecule has 1 aliphatic heterocycles. The second-order valence-electron chi connectivity index (χ2n) is 5.55. The number of likely N-dealkylation sites (N-methyl/N-ethyl adjacent to an activating group) is 1. The van der Waals surface area contributed by atoms with E-state index in [9.17, 15) is 4.79 Å². The number of nitrogens with one attached hydrogen (secondary N) is 2. The molecule has 0 unspecified atom stereocenters. The minimum Gasteiger partial charge on any atom is -0.325 e. The summed E-state index contributed by atoms with van der Waals surface area (Å²) in [6, 6.07) is 6.06. The molecule has 0 radical (unpaired) electrons. The molecule has 1 fully saturated rings. The van der Waals surface area contributed by atoms with Crippen molar-refractivity contribution in [1.29, 1.82) is 0 Å². The van der Waals surface area contributed by atoms with Gasteiger partial charge in [0.25, 0.3) is 0 Å². The normalized spacial score (nSPS) is 16.2. The molecule has 1 aromatic rings. The van der Waals surface area contributed by atoms with Crippen molar-refractivity contribution in [1.82, 2.24) is 10.2 Å². The van der Waals surface area contributed by atoms with Crippen molar-refractivity contribution in [3.8, 4) is 0 Å². The number of benzene rings is 1. The molecule has 1 aromatic carbocycles. The summed E-state index contributed by atoms with van der Waals surface area (Å²) in [5.74, 6) is 0.0285. The first kappa shape index (κ1) is 16.3. The van der Waals surface area contributed by atoms with Crippen LogP contribution >= 0.6 is 11.6 Å². The number of nitrogens with zero attached hydrogens (tertiary/aromatic N) is 1. The Labute approximate surface area is 131 Å². The van der Waals surface area contributed by atoms with Crippen LogP contribution in [0.5, 0.6) is 0 Å². The molecule has 5 heteroatoms. The van der Waals surface area contributed by atoms with Crippen LogP contribution in [0, 0.1) is 6.92 Å². The van der Waals surface area contributed by atoms with E-state index in [0.29, 0.717) is 17.6 Å². The predicted molar refractivity (Wildman–Crippen MR) is 88.0 cm³/mol. The maximum atomic E-state index is 12.3. The number of amides is 1. The van der Waals surface area contributed by atoms with Crippen molar-refractivity contribution in [2.24, 2.45) is 0 Å². The number of hydrogen-bond donors (Lipinski definition) is 2. The summed E-state index contributed by atoms with van der Waals surface area (Å²) < 4.78 is 0. The van der Waals surface area contributed by atoms with Gasteiger partial charge in [0, 0.05) is 16.8 Å². The lowest BCUT2D eigenvalue weighted by molar-refractivity contribution is -0.118. The number of rotatable bonds is 5. The summed E-state index contributed by atoms with van der Waals surface area (Å²) in [7, 11) is 0. The van der Waals surface area contributed by atoms with Crippen LogP contribution in [-0.4, -0.2) is 43.0 Å². The molecule has 0 saturated carbocycles. The molecule has 1 saturated heterocycles. The Morgan fingerprint density at radius 2 is 2.14 bits per heavy atom. The topological polar surface area (TPSA) is 44.4 Å². The standard InChI is InChI=1S/C16H24ClN3O/c1-3-20(14-6-8-18-9-7-14)11-16(21)19-15-10-13(17)5-4-12(15)2/h4-5,10,14,18H,3,6-9,11H2,1-2H3,(H,19,21). The smallest absolute Gasteiger partial charge is 0.238 e. The SMILES string of the molecule is CCN(CC(=O)Nc1cc(Cl)ccc1C)C1CCNCC1. The fourth-order valence-corrected chi connectivity index (χ4v) is 2.95. The van der Waals surface area contributed by atoms with Crippen LogP contribution in [-0.2, 0) is 4.79 Å². The van der Waals surface area contributed by atoms with E-state index in [-0.39, 0.29) is 5.91 Å². The van der Waals surface area contributed by atoms with Crippen molar-refractivity contribution < 1.29 is 4.79 Å². The summed E-state index contributed by atoms with van der Waals surface area (Å²) in [5, 5.41) is 6.97. The quantitative estimate of drug-likeness (QED) is 0.879. The largest absolute Gasteiger partial charge is 0.325 e. The van der Waals surface area contributed by atoms with Gasteiger partial charge < -0.3 is 10.6 Å². The molecule has 2 rings (SSSR count). The first-order valence-corrected chi connectivity index (χ1v) is 7.98. The summed E-state index contributed by atoms with van der Waals surface area (Å²) in [6.45, 7) is 7.49. The van der Waals surface area contributed by atoms with Crippen LogP contribution in [0.4, 0.5) is 5.69 Å². The molecular formula is C16H24ClN3O. The number of aryl methyl sites for hydroxylation is 1. The van der Waals surface area contributed by atoms with E-state index in [1.807, 2.05) is 19.1 Å². The number of hydrogen-bond acceptors (Lipinski definition) is 3. The van der Waals surface area contributed by atoms with Crippen molar-refractivity contribution >= 4 is 23.2 Å². The van der Waals surface area contributed by atoms with E-state index in [4.69, 9.17) is 11.6 Å². The van der Waals surface area contributed by atoms with Gasteiger partial charge in [-0.05, 0) is 57.1 Å². The summed E-state index contributed by atoms with van der Waals surface area (Å²) in [6.07, 6.45) is 2.22. The highest BCUT2D eigenvalue weighted by Gasteiger charge is 2.21. The molecule has 116 valence electrons. The van der Waals surface area contributed by atoms with Gasteiger partial charge in [-0.2, -0.15) is 0 Å². The number of carbonyl (C=O) groups excluding carboxylic acids is 1. The summed E-state index contributed by atoms with van der Waals surface area (Å²) >= 11 is 5.99. The molecule has 0 aromatic heterocycles. The predicted octanol–water partition coefficient (Wildman–Crippen LogP) is 2.66. The van der Waals surface area contributed by atoms with Crippen LogP contribution in [0.25, 0.3) is 0 Å². The van der Waals surface area contributed by atoms with Gasteiger partial charge in [-0.3, -0.25) is 9.69 Å². The number of carbonyl (C=O) groups is 1. The number of anilines is 1. The van der Waals surface area contributed by atoms with Gasteiger partial charge in [0.15, 0.2) is 0 Å². The second kappa shape index (κ2) is 7.78. The maximum Gasteiger partial charge on any atom is 0.238 e. The van der Waals surface area contributed by atoms with Crippen LogP contribution in [0.15, 0.2) is 18.2 Å². The molecule has 1 aliphatic rings. The van der Waals surface area contributed by atoms with Gasteiger partial charge in [-0.15, -0.1) is 0 Å². The fourth-order valence-electron chi connectivity index (χ4n) is 2.77. The molecule has 1 amide bonds. The van der Waals surface area contributed by atoms with Crippen molar-refractivity contribution in [3.05, 3.63) is 28.8 Å². The monoisotopic (exact) mass is 309 g/mol. The first-order chi connectivity index (χ1) is 10.1. The van der Waals surface area contributed by atoms with Gasteiger partial charge in [0.2, 0.25) is 5.91 Å². The molecule has 0 atom stereocenters. The Hall–Kier alpha value is -1.10. The van der Waals surface area contributed by atoms with Crippen LogP contribution in [0.1, 0.15) is 25.3 Å². The van der Waals surface area contributed by atoms with Crippen molar-refractivity contribution in [3.63, 3.8) is 0 Å². The molecule has 1 heterocycles. The maximum absolute atomic E-state index is 12.3. The Balaban J connectivity index is 1.94. The Bertz CT molecular complexity index is 486. The van der Waals surface area contributed by atoms with Gasteiger partial charge in [0.1, 0.15) is 0 Å². The minimum atomic E-state index is 0.0285. The van der Waals surface area contributed by atoms with Crippen LogP contribution in [0.3, 0.4) is 0 Å². The lowest BCUT2D eigenvalue weighted by Gasteiger charge is -2.33. The van der Waals surface area contributed by atoms with E-state index >= 15 is 0 Å². The van der Waals surface area contributed by atoms with Crippen LogP contribution in [0.2, 0.25) is 5.02 Å². The summed E-state index contributed by atoms with van der Waals surface area (Å²) in [5.41, 5.74) is 1.83. The van der Waals surface area contributed by atoms with E-state index in [1.165, 1.54) is 0 Å². The highest BCUT2D eigenvalue weighted by atomic mass is 35.5. The minimum absolute atomic E-state index is 0.0285. The van der Waals surface area contributed by atoms with Gasteiger partial charge in [-0.25, -0.2) is 0 Å². The first-order valence-electron chi connectivity index (χ1n) is 7.61. The fraction of sp³-hybridized carbons (Fsp3) is 0.562. The lowest BCUT2D eigenvalue weighted by atomic mass is 10.0. The Morgan fingerprint density at radius 3 is 2.81 bits per heavy atom. The zero-order chi connectivity index (χ0) is 15.2. The van der Waals surface area contributed by atoms with Crippen molar-refractivity contribution in [2.45, 2.75) is 32.7 Å². The van der Waals surface area contributed by atoms with Crippen molar-refractivity contribution in [2.75, 3.05) is 31.5 Å². The molecule has 4 nitrogen and oxygen atoms in total. The summed E-state index contributed by atoms with van der Waals surface area (Å²) in [4.78, 5) is 14.5. The third-order valence-electron chi connectivity index (χ3n) is 4.05. The van der Waals surface area contributed by atoms with E-state index < -0.39 is 0 Å². The molecule has 0 bridgehead atoms. The van der Waals surface area contributed by atoms with Gasteiger partial charge in [0.05, 0.1) is 6.54 Å². The Morgan fingerprint density at radius 1 is 1.43 bits per heavy atom. The van der Waals surface area contributed by atoms with E-state index in [2.05, 4.69) is 22.5 Å². The molecule has 0 aliphatic carbocycles. The van der Waals surface area contributed by atoms with E-state index in [1.54, 1.807) is 6.07 Å². The molecular weight excluding hydrogens is 286 g/mol. The average molecular weight is 310 g/mol. The molecule has 21 heavy (non-hydrogen) atoms. The second-order valence-corrected chi connectivity index (χ2v) is 5.99. The van der Waals surface area contributed by atoms with Gasteiger partial charge >= 0.3 is 0 Å². The van der Waals surface area contributed by atoms with E-state index in [0.717, 1.165) is 43.7 Å². The zero-order valence-corrected chi connectivity index (χ0v) is 13.5. The molecule has 0 spiro atoms. The zero-order valence-electron chi connectivity index (χ0n) is 12.8. The van der Waals surface area contributed by atoms with Crippen LogP contribution < -0.4 is 10.6 Å². The van der Waals surface area contributed by atoms with Gasteiger partial charge in [-0.1, -0.05) is 24.6 Å². The average Bonchev–Trinajstić information content (AvgIpc) is 2.49. The Kier molecular flexibility index (Phi) is 6.03. The highest BCUT2D eigenvalue weighted by molar-refractivity contribution is 6.31. The third kappa shape index (κ3) is 4.70. The third-order valence-corrected chi connectivity index (χ3v) is 4.29. The number of piperidine rings is 1. The highest BCUT2D eigenvalue weighted by Crippen LogP contribution is 2.20. The number of halogens is 1. The lowest BCUT2D eigenvalue weighted by Crippen LogP contribution is -2.46. The molecule has 2 N–H and O–H groups in total.